The molecule has 1 atom stereocenters. The molecule has 1 aromatic rings. The van der Waals surface area contributed by atoms with Crippen molar-refractivity contribution in [1.29, 1.82) is 0 Å². The van der Waals surface area contributed by atoms with Crippen molar-refractivity contribution in [3.8, 4) is 5.75 Å². The molecule has 1 fully saturated rings. The van der Waals surface area contributed by atoms with Crippen LogP contribution in [0.15, 0.2) is 24.3 Å². The van der Waals surface area contributed by atoms with Gasteiger partial charge in [-0.1, -0.05) is 12.1 Å². The molecule has 0 aliphatic carbocycles. The van der Waals surface area contributed by atoms with Crippen LogP contribution in [-0.4, -0.2) is 49.4 Å². The topological polar surface area (TPSA) is 58.6 Å². The zero-order chi connectivity index (χ0) is 16.7. The Kier molecular flexibility index (Phi) is 6.59. The van der Waals surface area contributed by atoms with Crippen molar-refractivity contribution in [3.63, 3.8) is 0 Å². The molecular formula is C18H26N2O3. The predicted molar refractivity (Wildman–Crippen MR) is 89.8 cm³/mol. The molecule has 1 aromatic carbocycles. The summed E-state index contributed by atoms with van der Waals surface area (Å²) < 4.78 is 5.64. The van der Waals surface area contributed by atoms with Crippen LogP contribution >= 0.6 is 0 Å². The van der Waals surface area contributed by atoms with E-state index in [1.54, 1.807) is 12.1 Å². The number of carbonyl (C=O) groups excluding carboxylic acids is 2. The number of rotatable bonds is 7. The first kappa shape index (κ1) is 17.5. The van der Waals surface area contributed by atoms with Gasteiger partial charge in [0.15, 0.2) is 5.78 Å². The summed E-state index contributed by atoms with van der Waals surface area (Å²) in [5.41, 5.74) is 0.644. The Morgan fingerprint density at radius 1 is 1.39 bits per heavy atom. The van der Waals surface area contributed by atoms with E-state index in [0.29, 0.717) is 36.8 Å². The first-order valence-corrected chi connectivity index (χ1v) is 8.29. The monoisotopic (exact) mass is 318 g/mol. The SMILES string of the molecule is CNC1CCCN(C(=O)CCCOc2cccc(C(C)=O)c2)C1. The quantitative estimate of drug-likeness (QED) is 0.619. The van der Waals surface area contributed by atoms with Gasteiger partial charge in [-0.05, 0) is 45.4 Å². The molecule has 1 N–H and O–H groups in total. The van der Waals surface area contributed by atoms with Crippen LogP contribution in [0.4, 0.5) is 0 Å². The molecule has 2 rings (SSSR count). The summed E-state index contributed by atoms with van der Waals surface area (Å²) in [6.45, 7) is 3.68. The number of hydrogen-bond acceptors (Lipinski definition) is 4. The van der Waals surface area contributed by atoms with E-state index in [9.17, 15) is 9.59 Å². The maximum Gasteiger partial charge on any atom is 0.222 e. The highest BCUT2D eigenvalue weighted by molar-refractivity contribution is 5.94. The predicted octanol–water partition coefficient (Wildman–Crippen LogP) is 2.26. The fourth-order valence-corrected chi connectivity index (χ4v) is 2.82. The Bertz CT molecular complexity index is 545. The minimum Gasteiger partial charge on any atom is -0.494 e. The van der Waals surface area contributed by atoms with E-state index in [0.717, 1.165) is 25.9 Å². The van der Waals surface area contributed by atoms with Crippen LogP contribution in [0, 0.1) is 0 Å². The number of amides is 1. The maximum atomic E-state index is 12.2. The number of ether oxygens (including phenoxy) is 1. The summed E-state index contributed by atoms with van der Waals surface area (Å²) >= 11 is 0. The lowest BCUT2D eigenvalue weighted by Crippen LogP contribution is -2.46. The number of nitrogens with one attached hydrogen (secondary N) is 1. The van der Waals surface area contributed by atoms with Gasteiger partial charge in [-0.15, -0.1) is 0 Å². The van der Waals surface area contributed by atoms with Crippen LogP contribution in [0.25, 0.3) is 0 Å². The molecule has 0 spiro atoms. The summed E-state index contributed by atoms with van der Waals surface area (Å²) in [4.78, 5) is 25.5. The van der Waals surface area contributed by atoms with E-state index in [1.165, 1.54) is 6.92 Å². The van der Waals surface area contributed by atoms with Gasteiger partial charge in [-0.3, -0.25) is 9.59 Å². The highest BCUT2D eigenvalue weighted by atomic mass is 16.5. The van der Waals surface area contributed by atoms with Crippen molar-refractivity contribution in [2.24, 2.45) is 0 Å². The van der Waals surface area contributed by atoms with E-state index in [-0.39, 0.29) is 11.7 Å². The van der Waals surface area contributed by atoms with E-state index >= 15 is 0 Å². The van der Waals surface area contributed by atoms with Crippen LogP contribution in [0.2, 0.25) is 0 Å². The zero-order valence-electron chi connectivity index (χ0n) is 14.0. The van der Waals surface area contributed by atoms with Crippen molar-refractivity contribution >= 4 is 11.7 Å². The number of Topliss-reactive ketones (excluding diaryl/α,β-unsaturated/α-hetero) is 1. The normalized spacial score (nSPS) is 17.8. The molecular weight excluding hydrogens is 292 g/mol. The third-order valence-corrected chi connectivity index (χ3v) is 4.23. The lowest BCUT2D eigenvalue weighted by Gasteiger charge is -2.32. The number of likely N-dealkylation sites (tertiary alicyclic amines) is 1. The van der Waals surface area contributed by atoms with Gasteiger partial charge >= 0.3 is 0 Å². The van der Waals surface area contributed by atoms with Gasteiger partial charge in [0.25, 0.3) is 0 Å². The van der Waals surface area contributed by atoms with Gasteiger partial charge in [0, 0.05) is 31.1 Å². The number of ketones is 1. The van der Waals surface area contributed by atoms with Crippen LogP contribution in [0.1, 0.15) is 43.0 Å². The Labute approximate surface area is 138 Å². The Morgan fingerprint density at radius 2 is 2.22 bits per heavy atom. The second kappa shape index (κ2) is 8.67. The number of benzene rings is 1. The maximum absolute atomic E-state index is 12.2. The Balaban J connectivity index is 1.71. The fraction of sp³-hybridized carbons (Fsp3) is 0.556. The second-order valence-corrected chi connectivity index (χ2v) is 6.00. The van der Waals surface area contributed by atoms with Gasteiger partial charge in [0.1, 0.15) is 5.75 Å². The Hall–Kier alpha value is -1.88. The molecule has 1 saturated heterocycles. The molecule has 1 aliphatic heterocycles. The summed E-state index contributed by atoms with van der Waals surface area (Å²) in [5, 5.41) is 3.25. The molecule has 0 aromatic heterocycles. The number of piperidine rings is 1. The van der Waals surface area contributed by atoms with Crippen LogP contribution < -0.4 is 10.1 Å². The minimum absolute atomic E-state index is 0.0230. The van der Waals surface area contributed by atoms with Gasteiger partial charge in [0.2, 0.25) is 5.91 Å². The zero-order valence-corrected chi connectivity index (χ0v) is 14.0. The first-order chi connectivity index (χ1) is 11.1. The Morgan fingerprint density at radius 3 is 2.96 bits per heavy atom. The largest absolute Gasteiger partial charge is 0.494 e. The third-order valence-electron chi connectivity index (χ3n) is 4.23. The van der Waals surface area contributed by atoms with E-state index in [2.05, 4.69) is 5.32 Å². The van der Waals surface area contributed by atoms with Crippen LogP contribution in [0.3, 0.4) is 0 Å². The highest BCUT2D eigenvalue weighted by Gasteiger charge is 2.21. The number of hydrogen-bond donors (Lipinski definition) is 1. The minimum atomic E-state index is 0.0230. The highest BCUT2D eigenvalue weighted by Crippen LogP contribution is 2.15. The molecule has 126 valence electrons. The molecule has 23 heavy (non-hydrogen) atoms. The molecule has 0 saturated carbocycles. The van der Waals surface area contributed by atoms with Crippen LogP contribution in [-0.2, 0) is 4.79 Å². The van der Waals surface area contributed by atoms with E-state index in [4.69, 9.17) is 4.74 Å². The summed E-state index contributed by atoms with van der Waals surface area (Å²) in [6.07, 6.45) is 3.38. The summed E-state index contributed by atoms with van der Waals surface area (Å²) in [5.74, 6) is 0.902. The number of nitrogens with zero attached hydrogens (tertiary/aromatic N) is 1. The van der Waals surface area contributed by atoms with E-state index in [1.807, 2.05) is 24.1 Å². The van der Waals surface area contributed by atoms with Gasteiger partial charge in [-0.2, -0.15) is 0 Å². The number of likely N-dealkylation sites (N-methyl/N-ethyl adjacent to an activating group) is 1. The summed E-state index contributed by atoms with van der Waals surface area (Å²) in [7, 11) is 1.95. The molecule has 1 heterocycles. The standard InChI is InChI=1S/C18H26N2O3/c1-14(21)15-6-3-8-17(12-15)23-11-5-9-18(22)20-10-4-7-16(13-20)19-2/h3,6,8,12,16,19H,4-5,7,9-11,13H2,1-2H3. The van der Waals surface area contributed by atoms with Crippen molar-refractivity contribution in [2.45, 2.75) is 38.6 Å². The molecule has 1 aliphatic rings. The van der Waals surface area contributed by atoms with Crippen LogP contribution in [0.5, 0.6) is 5.75 Å². The van der Waals surface area contributed by atoms with Gasteiger partial charge < -0.3 is 15.0 Å². The molecule has 5 heteroatoms. The first-order valence-electron chi connectivity index (χ1n) is 8.29. The molecule has 0 radical (unpaired) electrons. The second-order valence-electron chi connectivity index (χ2n) is 6.00. The molecule has 1 amide bonds. The smallest absolute Gasteiger partial charge is 0.222 e. The lowest BCUT2D eigenvalue weighted by atomic mass is 10.1. The molecule has 0 bridgehead atoms. The van der Waals surface area contributed by atoms with Gasteiger partial charge in [0.05, 0.1) is 6.61 Å². The average Bonchev–Trinajstić information content (AvgIpc) is 2.58. The van der Waals surface area contributed by atoms with Crippen molar-refractivity contribution in [3.05, 3.63) is 29.8 Å². The lowest BCUT2D eigenvalue weighted by molar-refractivity contribution is -0.132. The van der Waals surface area contributed by atoms with E-state index < -0.39 is 0 Å². The van der Waals surface area contributed by atoms with Gasteiger partial charge in [-0.25, -0.2) is 0 Å². The fourth-order valence-electron chi connectivity index (χ4n) is 2.82. The molecule has 1 unspecified atom stereocenters. The van der Waals surface area contributed by atoms with Crippen molar-refractivity contribution in [2.75, 3.05) is 26.7 Å². The molecule has 5 nitrogen and oxygen atoms in total. The number of carbonyl (C=O) groups is 2. The third kappa shape index (κ3) is 5.36. The van der Waals surface area contributed by atoms with Crippen molar-refractivity contribution < 1.29 is 14.3 Å². The van der Waals surface area contributed by atoms with Crippen molar-refractivity contribution in [1.82, 2.24) is 10.2 Å². The summed E-state index contributed by atoms with van der Waals surface area (Å²) in [6, 6.07) is 7.57. The average molecular weight is 318 g/mol.